The van der Waals surface area contributed by atoms with E-state index in [9.17, 15) is 15.0 Å². The Kier molecular flexibility index (Phi) is 5.76. The first-order chi connectivity index (χ1) is 17.0. The quantitative estimate of drug-likeness (QED) is 0.267. The summed E-state index contributed by atoms with van der Waals surface area (Å²) >= 11 is 0. The molecule has 0 saturated carbocycles. The molecule has 8 nitrogen and oxygen atoms in total. The number of phenolic OH excluding ortho intramolecular Hbond substituents is 1. The first-order valence-electron chi connectivity index (χ1n) is 11.0. The molecule has 2 heterocycles. The minimum Gasteiger partial charge on any atom is -0.508 e. The SMILES string of the molecule is Cn1ccnc1C(=O)Nc1cccc(Cc2ccc3[nH]c(O)c(C=Nc4cccc(O)c4)c3c2)c1. The number of imidazole rings is 1. The monoisotopic (exact) mass is 465 g/mol. The van der Waals surface area contributed by atoms with Gasteiger partial charge in [0.25, 0.3) is 5.91 Å². The van der Waals surface area contributed by atoms with Crippen LogP contribution in [0.4, 0.5) is 11.4 Å². The number of hydrogen-bond donors (Lipinski definition) is 4. The van der Waals surface area contributed by atoms with Crippen LogP contribution in [-0.2, 0) is 13.5 Å². The van der Waals surface area contributed by atoms with Crippen LogP contribution in [0.5, 0.6) is 11.6 Å². The third-order valence-electron chi connectivity index (χ3n) is 5.67. The largest absolute Gasteiger partial charge is 0.508 e. The normalized spacial score (nSPS) is 11.3. The zero-order valence-corrected chi connectivity index (χ0v) is 18.9. The van der Waals surface area contributed by atoms with E-state index in [1.165, 1.54) is 0 Å². The molecule has 1 amide bonds. The van der Waals surface area contributed by atoms with Gasteiger partial charge in [-0.05, 0) is 53.9 Å². The smallest absolute Gasteiger partial charge is 0.291 e. The zero-order valence-electron chi connectivity index (χ0n) is 18.9. The molecule has 3 aromatic carbocycles. The predicted molar refractivity (Wildman–Crippen MR) is 136 cm³/mol. The van der Waals surface area contributed by atoms with Gasteiger partial charge in [-0.1, -0.05) is 24.3 Å². The van der Waals surface area contributed by atoms with Gasteiger partial charge in [0.15, 0.2) is 11.7 Å². The summed E-state index contributed by atoms with van der Waals surface area (Å²) in [5.74, 6) is 0.228. The highest BCUT2D eigenvalue weighted by Gasteiger charge is 2.12. The maximum absolute atomic E-state index is 12.5. The lowest BCUT2D eigenvalue weighted by Gasteiger charge is -2.08. The fourth-order valence-corrected chi connectivity index (χ4v) is 3.96. The Morgan fingerprint density at radius 3 is 2.71 bits per heavy atom. The van der Waals surface area contributed by atoms with Crippen LogP contribution >= 0.6 is 0 Å². The summed E-state index contributed by atoms with van der Waals surface area (Å²) in [5, 5.41) is 23.8. The van der Waals surface area contributed by atoms with Crippen LogP contribution in [-0.4, -0.2) is 36.9 Å². The fourth-order valence-electron chi connectivity index (χ4n) is 3.96. The van der Waals surface area contributed by atoms with E-state index in [0.717, 1.165) is 22.0 Å². The van der Waals surface area contributed by atoms with Crippen LogP contribution in [0.25, 0.3) is 10.9 Å². The van der Waals surface area contributed by atoms with E-state index in [4.69, 9.17) is 0 Å². The summed E-state index contributed by atoms with van der Waals surface area (Å²) in [7, 11) is 1.77. The third kappa shape index (κ3) is 4.77. The number of rotatable bonds is 6. The standard InChI is InChI=1S/C27H23N5O3/c1-32-11-10-28-25(32)27(35)30-20-6-2-4-17(13-20)12-18-8-9-24-22(14-18)23(26(34)31-24)16-29-19-5-3-7-21(33)15-19/h2-11,13-16,31,33-34H,12H2,1H3,(H,30,35). The van der Waals surface area contributed by atoms with Gasteiger partial charge in [-0.15, -0.1) is 0 Å². The molecule has 2 aromatic heterocycles. The molecule has 0 fully saturated rings. The number of anilines is 1. The first-order valence-corrected chi connectivity index (χ1v) is 11.0. The fraction of sp³-hybridized carbons (Fsp3) is 0.0741. The van der Waals surface area contributed by atoms with Crippen molar-refractivity contribution in [3.05, 3.63) is 102 Å². The molecule has 0 saturated heterocycles. The minimum absolute atomic E-state index is 0.0278. The summed E-state index contributed by atoms with van der Waals surface area (Å²) in [4.78, 5) is 23.9. The highest BCUT2D eigenvalue weighted by Crippen LogP contribution is 2.29. The van der Waals surface area contributed by atoms with Gasteiger partial charge in [-0.3, -0.25) is 9.79 Å². The van der Waals surface area contributed by atoms with E-state index >= 15 is 0 Å². The topological polar surface area (TPSA) is 116 Å². The van der Waals surface area contributed by atoms with Gasteiger partial charge in [-0.2, -0.15) is 0 Å². The minimum atomic E-state index is -0.269. The number of phenols is 1. The molecule has 0 radical (unpaired) electrons. The highest BCUT2D eigenvalue weighted by atomic mass is 16.3. The van der Waals surface area contributed by atoms with Crippen LogP contribution in [0.2, 0.25) is 0 Å². The third-order valence-corrected chi connectivity index (χ3v) is 5.67. The Labute approximate surface area is 201 Å². The number of aromatic nitrogens is 3. The summed E-state index contributed by atoms with van der Waals surface area (Å²) in [6.45, 7) is 0. The van der Waals surface area contributed by atoms with E-state index < -0.39 is 0 Å². The number of H-pyrrole nitrogens is 1. The van der Waals surface area contributed by atoms with Crippen molar-refractivity contribution in [1.29, 1.82) is 0 Å². The summed E-state index contributed by atoms with van der Waals surface area (Å²) in [6, 6.07) is 20.2. The lowest BCUT2D eigenvalue weighted by molar-refractivity contribution is 0.101. The molecule has 0 bridgehead atoms. The van der Waals surface area contributed by atoms with E-state index in [1.807, 2.05) is 42.5 Å². The lowest BCUT2D eigenvalue weighted by atomic mass is 10.0. The van der Waals surface area contributed by atoms with Crippen molar-refractivity contribution in [3.8, 4) is 11.6 Å². The number of fused-ring (bicyclic) bond motifs is 1. The van der Waals surface area contributed by atoms with Gasteiger partial charge >= 0.3 is 0 Å². The Morgan fingerprint density at radius 1 is 1.09 bits per heavy atom. The zero-order chi connectivity index (χ0) is 24.4. The van der Waals surface area contributed by atoms with Crippen molar-refractivity contribution in [1.82, 2.24) is 14.5 Å². The van der Waals surface area contributed by atoms with Crippen molar-refractivity contribution in [2.45, 2.75) is 6.42 Å². The molecular weight excluding hydrogens is 442 g/mol. The first kappa shape index (κ1) is 22.0. The molecule has 174 valence electrons. The number of aromatic hydroxyl groups is 2. The Bertz CT molecular complexity index is 1560. The Hall–Kier alpha value is -4.85. The molecule has 8 heteroatoms. The van der Waals surface area contributed by atoms with Crippen LogP contribution in [0.3, 0.4) is 0 Å². The summed E-state index contributed by atoms with van der Waals surface area (Å²) in [6.07, 6.45) is 5.53. The van der Waals surface area contributed by atoms with Gasteiger partial charge < -0.3 is 25.1 Å². The van der Waals surface area contributed by atoms with Crippen molar-refractivity contribution < 1.29 is 15.0 Å². The summed E-state index contributed by atoms with van der Waals surface area (Å²) in [5.41, 5.74) is 4.70. The average Bonchev–Trinajstić information content (AvgIpc) is 3.40. The Morgan fingerprint density at radius 2 is 1.91 bits per heavy atom. The second kappa shape index (κ2) is 9.18. The van der Waals surface area contributed by atoms with E-state index in [0.29, 0.717) is 29.2 Å². The maximum atomic E-state index is 12.5. The van der Waals surface area contributed by atoms with Crippen molar-refractivity contribution in [2.24, 2.45) is 12.0 Å². The molecule has 0 spiro atoms. The number of nitrogens with zero attached hydrogens (tertiary/aromatic N) is 3. The van der Waals surface area contributed by atoms with Gasteiger partial charge in [0.05, 0.1) is 11.3 Å². The number of hydrogen-bond acceptors (Lipinski definition) is 5. The second-order valence-corrected chi connectivity index (χ2v) is 8.24. The van der Waals surface area contributed by atoms with Gasteiger partial charge in [0.1, 0.15) is 5.75 Å². The van der Waals surface area contributed by atoms with E-state index in [-0.39, 0.29) is 17.5 Å². The van der Waals surface area contributed by atoms with Crippen molar-refractivity contribution in [2.75, 3.05) is 5.32 Å². The van der Waals surface area contributed by atoms with Gasteiger partial charge in [0, 0.05) is 48.3 Å². The van der Waals surface area contributed by atoms with Gasteiger partial charge in [0.2, 0.25) is 0 Å². The molecule has 0 aliphatic carbocycles. The average molecular weight is 466 g/mol. The molecule has 0 unspecified atom stereocenters. The van der Waals surface area contributed by atoms with Crippen LogP contribution < -0.4 is 5.32 Å². The molecule has 5 rings (SSSR count). The number of aryl methyl sites for hydroxylation is 1. The highest BCUT2D eigenvalue weighted by molar-refractivity contribution is 6.03. The molecular formula is C27H23N5O3. The number of aromatic amines is 1. The number of amides is 1. The van der Waals surface area contributed by atoms with Gasteiger partial charge in [-0.25, -0.2) is 4.98 Å². The molecule has 0 aliphatic heterocycles. The molecule has 0 aliphatic rings. The van der Waals surface area contributed by atoms with Crippen LogP contribution in [0.1, 0.15) is 27.3 Å². The molecule has 4 N–H and O–H groups in total. The van der Waals surface area contributed by atoms with Crippen molar-refractivity contribution >= 4 is 34.4 Å². The van der Waals surface area contributed by atoms with E-state index in [1.54, 1.807) is 54.5 Å². The Balaban J connectivity index is 1.38. The number of benzene rings is 3. The molecule has 0 atom stereocenters. The number of carbonyl (C=O) groups excluding carboxylic acids is 1. The number of aliphatic imine (C=N–C) groups is 1. The van der Waals surface area contributed by atoms with Crippen molar-refractivity contribution in [3.63, 3.8) is 0 Å². The molecule has 5 aromatic rings. The van der Waals surface area contributed by atoms with E-state index in [2.05, 4.69) is 20.3 Å². The lowest BCUT2D eigenvalue weighted by Crippen LogP contribution is -2.16. The van der Waals surface area contributed by atoms with Crippen LogP contribution in [0.15, 0.2) is 84.1 Å². The number of carbonyl (C=O) groups is 1. The molecule has 35 heavy (non-hydrogen) atoms. The second-order valence-electron chi connectivity index (χ2n) is 8.24. The summed E-state index contributed by atoms with van der Waals surface area (Å²) < 4.78 is 1.67. The number of nitrogens with one attached hydrogen (secondary N) is 2. The predicted octanol–water partition coefficient (Wildman–Crippen LogP) is 4.91. The maximum Gasteiger partial charge on any atom is 0.291 e. The van der Waals surface area contributed by atoms with Crippen LogP contribution in [0, 0.1) is 0 Å².